The van der Waals surface area contributed by atoms with Gasteiger partial charge in [0.1, 0.15) is 11.9 Å². The van der Waals surface area contributed by atoms with Crippen molar-refractivity contribution in [2.75, 3.05) is 51.3 Å². The van der Waals surface area contributed by atoms with E-state index in [9.17, 15) is 4.79 Å². The molecule has 0 aromatic heterocycles. The SMILES string of the molecule is COc1ccccc1N1CCC(CNC(=O)C2CNCCO2)C1.Cl.Cl. The number of para-hydroxylation sites is 2. The van der Waals surface area contributed by atoms with E-state index in [-0.39, 0.29) is 36.8 Å². The first kappa shape index (κ1) is 21.8. The summed E-state index contributed by atoms with van der Waals surface area (Å²) >= 11 is 0. The largest absolute Gasteiger partial charge is 0.495 e. The number of carbonyl (C=O) groups excluding carboxylic acids is 1. The van der Waals surface area contributed by atoms with Crippen LogP contribution in [0.25, 0.3) is 0 Å². The molecule has 0 spiro atoms. The van der Waals surface area contributed by atoms with E-state index in [0.29, 0.717) is 25.6 Å². The van der Waals surface area contributed by atoms with Crippen LogP contribution in [0.1, 0.15) is 6.42 Å². The topological polar surface area (TPSA) is 62.8 Å². The van der Waals surface area contributed by atoms with Crippen molar-refractivity contribution in [2.24, 2.45) is 5.92 Å². The van der Waals surface area contributed by atoms with Crippen molar-refractivity contribution in [2.45, 2.75) is 12.5 Å². The second-order valence-electron chi connectivity index (χ2n) is 6.08. The highest BCUT2D eigenvalue weighted by molar-refractivity contribution is 5.85. The van der Waals surface area contributed by atoms with Crippen LogP contribution in [0, 0.1) is 5.92 Å². The van der Waals surface area contributed by atoms with Crippen LogP contribution < -0.4 is 20.3 Å². The third-order valence-corrected chi connectivity index (χ3v) is 4.50. The molecular formula is C17H27Cl2N3O3. The monoisotopic (exact) mass is 391 g/mol. The number of rotatable bonds is 5. The lowest BCUT2D eigenvalue weighted by Crippen LogP contribution is -2.48. The van der Waals surface area contributed by atoms with E-state index >= 15 is 0 Å². The Kier molecular flexibility index (Phi) is 9.35. The van der Waals surface area contributed by atoms with Gasteiger partial charge < -0.3 is 25.0 Å². The summed E-state index contributed by atoms with van der Waals surface area (Å²) in [6.07, 6.45) is 0.720. The first-order valence-corrected chi connectivity index (χ1v) is 8.26. The van der Waals surface area contributed by atoms with E-state index in [2.05, 4.69) is 21.6 Å². The molecule has 2 aliphatic rings. The molecule has 2 unspecified atom stereocenters. The summed E-state index contributed by atoms with van der Waals surface area (Å²) in [6, 6.07) is 8.08. The normalized spacial score (nSPS) is 22.5. The Morgan fingerprint density at radius 2 is 2.20 bits per heavy atom. The van der Waals surface area contributed by atoms with Gasteiger partial charge in [0.25, 0.3) is 0 Å². The molecule has 0 saturated carbocycles. The minimum Gasteiger partial charge on any atom is -0.495 e. The number of methoxy groups -OCH3 is 1. The zero-order valence-corrected chi connectivity index (χ0v) is 16.0. The van der Waals surface area contributed by atoms with E-state index in [1.165, 1.54) is 0 Å². The third-order valence-electron chi connectivity index (χ3n) is 4.50. The van der Waals surface area contributed by atoms with E-state index < -0.39 is 0 Å². The van der Waals surface area contributed by atoms with Gasteiger partial charge in [0.15, 0.2) is 0 Å². The van der Waals surface area contributed by atoms with E-state index in [4.69, 9.17) is 9.47 Å². The predicted octanol–water partition coefficient (Wildman–Crippen LogP) is 1.47. The molecule has 3 rings (SSSR count). The lowest BCUT2D eigenvalue weighted by molar-refractivity contribution is -0.134. The number of amides is 1. The first-order chi connectivity index (χ1) is 11.3. The van der Waals surface area contributed by atoms with Crippen LogP contribution >= 0.6 is 24.8 Å². The molecule has 2 aliphatic heterocycles. The van der Waals surface area contributed by atoms with Crippen LogP contribution in [0.2, 0.25) is 0 Å². The maximum absolute atomic E-state index is 12.1. The van der Waals surface area contributed by atoms with Gasteiger partial charge in [0, 0.05) is 32.7 Å². The summed E-state index contributed by atoms with van der Waals surface area (Å²) in [5.41, 5.74) is 1.13. The molecule has 0 bridgehead atoms. The number of anilines is 1. The Labute approximate surface area is 161 Å². The van der Waals surface area contributed by atoms with Gasteiger partial charge >= 0.3 is 0 Å². The quantitative estimate of drug-likeness (QED) is 0.795. The molecule has 2 atom stereocenters. The maximum Gasteiger partial charge on any atom is 0.250 e. The number of benzene rings is 1. The molecule has 2 fully saturated rings. The van der Waals surface area contributed by atoms with Gasteiger partial charge in [0.2, 0.25) is 5.91 Å². The highest BCUT2D eigenvalue weighted by Gasteiger charge is 2.27. The molecule has 142 valence electrons. The van der Waals surface area contributed by atoms with Gasteiger partial charge in [-0.25, -0.2) is 0 Å². The number of halogens is 2. The Balaban J connectivity index is 0.00000156. The molecule has 1 amide bonds. The van der Waals surface area contributed by atoms with Crippen molar-refractivity contribution in [3.05, 3.63) is 24.3 Å². The number of ether oxygens (including phenoxy) is 2. The van der Waals surface area contributed by atoms with Crippen molar-refractivity contribution >= 4 is 36.4 Å². The number of hydrogen-bond acceptors (Lipinski definition) is 5. The number of nitrogens with zero attached hydrogens (tertiary/aromatic N) is 1. The Morgan fingerprint density at radius 3 is 2.92 bits per heavy atom. The molecule has 1 aromatic rings. The minimum absolute atomic E-state index is 0. The van der Waals surface area contributed by atoms with Crippen LogP contribution in [0.4, 0.5) is 5.69 Å². The Hall–Kier alpha value is -1.21. The highest BCUT2D eigenvalue weighted by atomic mass is 35.5. The average Bonchev–Trinajstić information content (AvgIpc) is 3.09. The smallest absolute Gasteiger partial charge is 0.250 e. The molecule has 8 heteroatoms. The van der Waals surface area contributed by atoms with Crippen LogP contribution in [-0.4, -0.2) is 58.5 Å². The number of morpholine rings is 1. The van der Waals surface area contributed by atoms with E-state index in [1.807, 2.05) is 18.2 Å². The van der Waals surface area contributed by atoms with Crippen LogP contribution in [0.3, 0.4) is 0 Å². The zero-order valence-electron chi connectivity index (χ0n) is 14.4. The molecule has 6 nitrogen and oxygen atoms in total. The lowest BCUT2D eigenvalue weighted by Gasteiger charge is -2.24. The van der Waals surface area contributed by atoms with Gasteiger partial charge in [0.05, 0.1) is 19.4 Å². The molecule has 0 radical (unpaired) electrons. The molecule has 1 aromatic carbocycles. The summed E-state index contributed by atoms with van der Waals surface area (Å²) < 4.78 is 10.9. The summed E-state index contributed by atoms with van der Waals surface area (Å²) in [5, 5.41) is 6.21. The first-order valence-electron chi connectivity index (χ1n) is 8.26. The molecule has 2 N–H and O–H groups in total. The fraction of sp³-hybridized carbons (Fsp3) is 0.588. The summed E-state index contributed by atoms with van der Waals surface area (Å²) in [6.45, 7) is 4.64. The van der Waals surface area contributed by atoms with Crippen molar-refractivity contribution < 1.29 is 14.3 Å². The maximum atomic E-state index is 12.1. The lowest BCUT2D eigenvalue weighted by atomic mass is 10.1. The van der Waals surface area contributed by atoms with Gasteiger partial charge in [-0.1, -0.05) is 12.1 Å². The summed E-state index contributed by atoms with van der Waals surface area (Å²) in [5.74, 6) is 1.35. The average molecular weight is 392 g/mol. The third kappa shape index (κ3) is 5.64. The predicted molar refractivity (Wildman–Crippen MR) is 103 cm³/mol. The fourth-order valence-corrected chi connectivity index (χ4v) is 3.20. The summed E-state index contributed by atoms with van der Waals surface area (Å²) in [7, 11) is 1.70. The van der Waals surface area contributed by atoms with Crippen molar-refractivity contribution in [3.8, 4) is 5.75 Å². The molecular weight excluding hydrogens is 365 g/mol. The standard InChI is InChI=1S/C17H25N3O3.2ClH/c1-22-15-5-3-2-4-14(15)20-8-6-13(12-20)10-19-17(21)16-11-18-7-9-23-16;;/h2-5,13,16,18H,6-12H2,1H3,(H,19,21);2*1H. The van der Waals surface area contributed by atoms with Crippen LogP contribution in [0.15, 0.2) is 24.3 Å². The minimum atomic E-state index is -0.351. The fourth-order valence-electron chi connectivity index (χ4n) is 3.20. The molecule has 25 heavy (non-hydrogen) atoms. The molecule has 0 aliphatic carbocycles. The second-order valence-corrected chi connectivity index (χ2v) is 6.08. The molecule has 2 saturated heterocycles. The summed E-state index contributed by atoms with van der Waals surface area (Å²) in [4.78, 5) is 14.4. The van der Waals surface area contributed by atoms with E-state index in [1.54, 1.807) is 7.11 Å². The number of carbonyl (C=O) groups is 1. The second kappa shape index (κ2) is 10.7. The zero-order chi connectivity index (χ0) is 16.1. The van der Waals surface area contributed by atoms with Crippen molar-refractivity contribution in [1.82, 2.24) is 10.6 Å². The van der Waals surface area contributed by atoms with Gasteiger partial charge in [-0.15, -0.1) is 24.8 Å². The van der Waals surface area contributed by atoms with Crippen molar-refractivity contribution in [1.29, 1.82) is 0 Å². The highest BCUT2D eigenvalue weighted by Crippen LogP contribution is 2.31. The Morgan fingerprint density at radius 1 is 1.40 bits per heavy atom. The van der Waals surface area contributed by atoms with Crippen LogP contribution in [-0.2, 0) is 9.53 Å². The molecule has 2 heterocycles. The van der Waals surface area contributed by atoms with Gasteiger partial charge in [-0.2, -0.15) is 0 Å². The van der Waals surface area contributed by atoms with Gasteiger partial charge in [-0.05, 0) is 24.5 Å². The van der Waals surface area contributed by atoms with E-state index in [0.717, 1.165) is 37.5 Å². The Bertz CT molecular complexity index is 542. The number of nitrogens with one attached hydrogen (secondary N) is 2. The van der Waals surface area contributed by atoms with Crippen molar-refractivity contribution in [3.63, 3.8) is 0 Å². The van der Waals surface area contributed by atoms with Gasteiger partial charge in [-0.3, -0.25) is 4.79 Å². The van der Waals surface area contributed by atoms with Crippen LogP contribution in [0.5, 0.6) is 5.75 Å². The number of hydrogen-bond donors (Lipinski definition) is 2.